The minimum atomic E-state index is -0.113. The maximum absolute atomic E-state index is 10.2. The van der Waals surface area contributed by atoms with Crippen molar-refractivity contribution in [3.8, 4) is 0 Å². The molecule has 8 heavy (non-hydrogen) atoms. The maximum Gasteiger partial charge on any atom is 0.310 e. The second kappa shape index (κ2) is 1.62. The zero-order valence-corrected chi connectivity index (χ0v) is 4.81. The highest BCUT2D eigenvalue weighted by atomic mass is 16.6. The van der Waals surface area contributed by atoms with Crippen LogP contribution in [0.5, 0.6) is 0 Å². The Morgan fingerprint density at radius 1 is 2.00 bits per heavy atom. The SMILES string of the molecule is C=C(C)C1CC(=O)O1. The highest BCUT2D eigenvalue weighted by Crippen LogP contribution is 2.18. The molecular weight excluding hydrogens is 104 g/mol. The van der Waals surface area contributed by atoms with Crippen molar-refractivity contribution < 1.29 is 9.53 Å². The summed E-state index contributed by atoms with van der Waals surface area (Å²) in [6.45, 7) is 5.49. The van der Waals surface area contributed by atoms with Crippen molar-refractivity contribution in [2.75, 3.05) is 0 Å². The number of esters is 1. The van der Waals surface area contributed by atoms with Crippen LogP contribution in [-0.4, -0.2) is 12.1 Å². The number of carbonyl (C=O) groups excluding carboxylic acids is 1. The van der Waals surface area contributed by atoms with E-state index < -0.39 is 0 Å². The van der Waals surface area contributed by atoms with Crippen molar-refractivity contribution in [3.63, 3.8) is 0 Å². The van der Waals surface area contributed by atoms with Gasteiger partial charge in [0.1, 0.15) is 6.10 Å². The van der Waals surface area contributed by atoms with Crippen LogP contribution in [-0.2, 0) is 9.53 Å². The summed E-state index contributed by atoms with van der Waals surface area (Å²) < 4.78 is 4.66. The lowest BCUT2D eigenvalue weighted by molar-refractivity contribution is -0.165. The number of hydrogen-bond acceptors (Lipinski definition) is 2. The summed E-state index contributed by atoms with van der Waals surface area (Å²) in [5.74, 6) is -0.113. The third-order valence-electron chi connectivity index (χ3n) is 1.18. The van der Waals surface area contributed by atoms with Crippen molar-refractivity contribution in [3.05, 3.63) is 12.2 Å². The topological polar surface area (TPSA) is 26.3 Å². The summed E-state index contributed by atoms with van der Waals surface area (Å²) in [4.78, 5) is 10.2. The Morgan fingerprint density at radius 3 is 2.62 bits per heavy atom. The fraction of sp³-hybridized carbons (Fsp3) is 0.500. The van der Waals surface area contributed by atoms with E-state index in [1.54, 1.807) is 0 Å². The molecule has 2 heteroatoms. The van der Waals surface area contributed by atoms with E-state index in [0.29, 0.717) is 6.42 Å². The Morgan fingerprint density at radius 2 is 2.50 bits per heavy atom. The summed E-state index contributed by atoms with van der Waals surface area (Å²) in [7, 11) is 0. The number of rotatable bonds is 1. The Balaban J connectivity index is 2.35. The molecule has 0 bridgehead atoms. The van der Waals surface area contributed by atoms with E-state index in [9.17, 15) is 4.79 Å². The van der Waals surface area contributed by atoms with E-state index in [1.807, 2.05) is 6.92 Å². The highest BCUT2D eigenvalue weighted by molar-refractivity contribution is 5.76. The second-order valence-corrected chi connectivity index (χ2v) is 2.03. The van der Waals surface area contributed by atoms with Gasteiger partial charge in [-0.1, -0.05) is 6.58 Å². The lowest BCUT2D eigenvalue weighted by atomic mass is 10.1. The van der Waals surface area contributed by atoms with Gasteiger partial charge in [-0.25, -0.2) is 0 Å². The van der Waals surface area contributed by atoms with Crippen LogP contribution >= 0.6 is 0 Å². The van der Waals surface area contributed by atoms with Gasteiger partial charge < -0.3 is 4.74 Å². The van der Waals surface area contributed by atoms with Crippen LogP contribution in [0.4, 0.5) is 0 Å². The van der Waals surface area contributed by atoms with Gasteiger partial charge in [-0.15, -0.1) is 0 Å². The second-order valence-electron chi connectivity index (χ2n) is 2.03. The molecule has 0 aromatic heterocycles. The quantitative estimate of drug-likeness (QED) is 0.371. The first kappa shape index (κ1) is 5.35. The molecule has 1 heterocycles. The standard InChI is InChI=1S/C6H8O2/c1-4(2)5-3-6(7)8-5/h5H,1,3H2,2H3. The smallest absolute Gasteiger partial charge is 0.310 e. The molecular formula is C6H8O2. The van der Waals surface area contributed by atoms with Gasteiger partial charge in [0.25, 0.3) is 0 Å². The third-order valence-corrected chi connectivity index (χ3v) is 1.18. The first-order chi connectivity index (χ1) is 3.70. The first-order valence-electron chi connectivity index (χ1n) is 2.55. The first-order valence-corrected chi connectivity index (χ1v) is 2.55. The van der Waals surface area contributed by atoms with Gasteiger partial charge in [0.2, 0.25) is 0 Å². The predicted octanol–water partition coefficient (Wildman–Crippen LogP) is 0.878. The molecule has 1 unspecified atom stereocenters. The van der Waals surface area contributed by atoms with Crippen LogP contribution in [0.15, 0.2) is 12.2 Å². The van der Waals surface area contributed by atoms with E-state index in [2.05, 4.69) is 11.3 Å². The molecule has 0 spiro atoms. The van der Waals surface area contributed by atoms with E-state index in [1.165, 1.54) is 0 Å². The summed E-state index contributed by atoms with van der Waals surface area (Å²) in [6, 6.07) is 0. The molecule has 1 fully saturated rings. The van der Waals surface area contributed by atoms with E-state index in [0.717, 1.165) is 5.57 Å². The Hall–Kier alpha value is -0.790. The van der Waals surface area contributed by atoms with Crippen LogP contribution in [0.3, 0.4) is 0 Å². The van der Waals surface area contributed by atoms with Crippen molar-refractivity contribution >= 4 is 5.97 Å². The zero-order chi connectivity index (χ0) is 6.15. The van der Waals surface area contributed by atoms with Crippen molar-refractivity contribution in [2.24, 2.45) is 0 Å². The van der Waals surface area contributed by atoms with E-state index in [4.69, 9.17) is 0 Å². The molecule has 1 saturated heterocycles. The Kier molecular flexibility index (Phi) is 1.08. The van der Waals surface area contributed by atoms with Gasteiger partial charge in [0.05, 0.1) is 6.42 Å². The highest BCUT2D eigenvalue weighted by Gasteiger charge is 2.28. The van der Waals surface area contributed by atoms with E-state index in [-0.39, 0.29) is 12.1 Å². The number of hydrogen-bond donors (Lipinski definition) is 0. The average Bonchev–Trinajstić information content (AvgIpc) is 1.57. The van der Waals surface area contributed by atoms with Crippen LogP contribution < -0.4 is 0 Å². The average molecular weight is 112 g/mol. The lowest BCUT2D eigenvalue weighted by Crippen LogP contribution is -2.33. The van der Waals surface area contributed by atoms with Crippen molar-refractivity contribution in [2.45, 2.75) is 19.4 Å². The van der Waals surface area contributed by atoms with E-state index >= 15 is 0 Å². The Bertz CT molecular complexity index is 129. The summed E-state index contributed by atoms with van der Waals surface area (Å²) >= 11 is 0. The minimum absolute atomic E-state index is 0.0162. The monoisotopic (exact) mass is 112 g/mol. The molecule has 0 amide bonds. The maximum atomic E-state index is 10.2. The number of cyclic esters (lactones) is 1. The van der Waals surface area contributed by atoms with Crippen LogP contribution in [0.25, 0.3) is 0 Å². The van der Waals surface area contributed by atoms with Crippen LogP contribution in [0, 0.1) is 0 Å². The van der Waals surface area contributed by atoms with Crippen molar-refractivity contribution in [1.82, 2.24) is 0 Å². The van der Waals surface area contributed by atoms with Gasteiger partial charge >= 0.3 is 5.97 Å². The molecule has 0 saturated carbocycles. The predicted molar refractivity (Wildman–Crippen MR) is 29.3 cm³/mol. The fourth-order valence-corrected chi connectivity index (χ4v) is 0.575. The Labute approximate surface area is 48.1 Å². The molecule has 0 N–H and O–H groups in total. The molecule has 0 aromatic carbocycles. The molecule has 44 valence electrons. The van der Waals surface area contributed by atoms with Gasteiger partial charge in [0, 0.05) is 0 Å². The number of ether oxygens (including phenoxy) is 1. The van der Waals surface area contributed by atoms with Gasteiger partial charge in [-0.2, -0.15) is 0 Å². The third kappa shape index (κ3) is 0.735. The van der Waals surface area contributed by atoms with Gasteiger partial charge in [0.15, 0.2) is 0 Å². The van der Waals surface area contributed by atoms with Crippen molar-refractivity contribution in [1.29, 1.82) is 0 Å². The zero-order valence-electron chi connectivity index (χ0n) is 4.81. The van der Waals surface area contributed by atoms with Gasteiger partial charge in [-0.05, 0) is 12.5 Å². The minimum Gasteiger partial charge on any atom is -0.457 e. The number of carbonyl (C=O) groups is 1. The lowest BCUT2D eigenvalue weighted by Gasteiger charge is -2.25. The summed E-state index contributed by atoms with van der Waals surface area (Å²) in [5, 5.41) is 0. The summed E-state index contributed by atoms with van der Waals surface area (Å²) in [6.07, 6.45) is 0.539. The molecule has 0 aromatic rings. The molecule has 1 aliphatic rings. The molecule has 0 radical (unpaired) electrons. The molecule has 1 atom stereocenters. The van der Waals surface area contributed by atoms with Crippen LogP contribution in [0.2, 0.25) is 0 Å². The molecule has 0 aliphatic carbocycles. The largest absolute Gasteiger partial charge is 0.457 e. The van der Waals surface area contributed by atoms with Crippen LogP contribution in [0.1, 0.15) is 13.3 Å². The fourth-order valence-electron chi connectivity index (χ4n) is 0.575. The molecule has 1 aliphatic heterocycles. The normalized spacial score (nSPS) is 26.1. The van der Waals surface area contributed by atoms with Gasteiger partial charge in [-0.3, -0.25) is 4.79 Å². The molecule has 1 rings (SSSR count). The summed E-state index contributed by atoms with van der Waals surface area (Å²) in [5.41, 5.74) is 0.935. The molecule has 2 nitrogen and oxygen atoms in total.